The van der Waals surface area contributed by atoms with E-state index in [4.69, 9.17) is 10.5 Å². The standard InChI is InChI=1S/C10H16N4O/c1-14-6-3-8(4-7-14)15-9-2-5-12-10(11)13-9/h2,5,8H,3-4,6-7H2,1H3,(H2,11,12,13). The second-order valence-corrected chi connectivity index (χ2v) is 3.87. The topological polar surface area (TPSA) is 64.3 Å². The number of nitrogen functional groups attached to an aromatic ring is 1. The highest BCUT2D eigenvalue weighted by Gasteiger charge is 2.18. The van der Waals surface area contributed by atoms with Crippen LogP contribution < -0.4 is 10.5 Å². The Balaban J connectivity index is 1.92. The number of rotatable bonds is 2. The Morgan fingerprint density at radius 1 is 1.47 bits per heavy atom. The van der Waals surface area contributed by atoms with Crippen molar-refractivity contribution in [3.05, 3.63) is 12.3 Å². The van der Waals surface area contributed by atoms with Crippen molar-refractivity contribution in [1.82, 2.24) is 14.9 Å². The molecule has 2 heterocycles. The van der Waals surface area contributed by atoms with Gasteiger partial charge >= 0.3 is 0 Å². The van der Waals surface area contributed by atoms with E-state index < -0.39 is 0 Å². The number of hydrogen-bond acceptors (Lipinski definition) is 5. The molecule has 5 heteroatoms. The Morgan fingerprint density at radius 2 is 2.20 bits per heavy atom. The molecule has 0 aliphatic carbocycles. The molecule has 0 saturated carbocycles. The molecule has 2 rings (SSSR count). The van der Waals surface area contributed by atoms with Gasteiger partial charge in [-0.25, -0.2) is 4.98 Å². The maximum Gasteiger partial charge on any atom is 0.223 e. The van der Waals surface area contributed by atoms with E-state index >= 15 is 0 Å². The monoisotopic (exact) mass is 208 g/mol. The summed E-state index contributed by atoms with van der Waals surface area (Å²) in [4.78, 5) is 10.1. The Labute approximate surface area is 89.3 Å². The molecule has 5 nitrogen and oxygen atoms in total. The van der Waals surface area contributed by atoms with Gasteiger partial charge < -0.3 is 15.4 Å². The van der Waals surface area contributed by atoms with Crippen LogP contribution in [0.2, 0.25) is 0 Å². The van der Waals surface area contributed by atoms with Gasteiger partial charge in [-0.2, -0.15) is 4.98 Å². The fourth-order valence-electron chi connectivity index (χ4n) is 1.70. The summed E-state index contributed by atoms with van der Waals surface area (Å²) in [5.41, 5.74) is 5.48. The lowest BCUT2D eigenvalue weighted by molar-refractivity contribution is 0.110. The molecule has 2 N–H and O–H groups in total. The van der Waals surface area contributed by atoms with E-state index in [2.05, 4.69) is 21.9 Å². The molecule has 1 aliphatic rings. The normalized spacial score (nSPS) is 19.0. The van der Waals surface area contributed by atoms with E-state index in [-0.39, 0.29) is 12.1 Å². The molecule has 0 unspecified atom stereocenters. The zero-order valence-corrected chi connectivity index (χ0v) is 8.89. The number of nitrogens with zero attached hydrogens (tertiary/aromatic N) is 3. The number of likely N-dealkylation sites (tertiary alicyclic amines) is 1. The second kappa shape index (κ2) is 4.44. The van der Waals surface area contributed by atoms with E-state index in [1.807, 2.05) is 0 Å². The summed E-state index contributed by atoms with van der Waals surface area (Å²) in [5.74, 6) is 0.845. The van der Waals surface area contributed by atoms with Gasteiger partial charge in [0.05, 0.1) is 0 Å². The van der Waals surface area contributed by atoms with Crippen molar-refractivity contribution in [2.45, 2.75) is 18.9 Å². The van der Waals surface area contributed by atoms with Gasteiger partial charge in [-0.15, -0.1) is 0 Å². The summed E-state index contributed by atoms with van der Waals surface area (Å²) in [6.45, 7) is 2.15. The minimum absolute atomic E-state index is 0.260. The van der Waals surface area contributed by atoms with Crippen molar-refractivity contribution in [3.8, 4) is 5.88 Å². The first-order valence-electron chi connectivity index (χ1n) is 5.18. The highest BCUT2D eigenvalue weighted by molar-refractivity contribution is 5.20. The van der Waals surface area contributed by atoms with E-state index in [0.717, 1.165) is 25.9 Å². The first-order valence-corrected chi connectivity index (χ1v) is 5.18. The molecule has 1 aliphatic heterocycles. The third-order valence-electron chi connectivity index (χ3n) is 2.60. The van der Waals surface area contributed by atoms with Crippen LogP contribution >= 0.6 is 0 Å². The molecule has 15 heavy (non-hydrogen) atoms. The minimum Gasteiger partial charge on any atom is -0.474 e. The van der Waals surface area contributed by atoms with E-state index in [1.54, 1.807) is 12.3 Å². The van der Waals surface area contributed by atoms with Crippen LogP contribution in [-0.4, -0.2) is 41.1 Å². The summed E-state index contributed by atoms with van der Waals surface area (Å²) in [6.07, 6.45) is 3.96. The molecule has 0 aromatic carbocycles. The van der Waals surface area contributed by atoms with Crippen LogP contribution in [-0.2, 0) is 0 Å². The first kappa shape index (κ1) is 10.2. The molecular formula is C10H16N4O. The van der Waals surface area contributed by atoms with Crippen LogP contribution in [0.1, 0.15) is 12.8 Å². The number of ether oxygens (including phenoxy) is 1. The largest absolute Gasteiger partial charge is 0.474 e. The Hall–Kier alpha value is -1.36. The third-order valence-corrected chi connectivity index (χ3v) is 2.60. The van der Waals surface area contributed by atoms with E-state index in [9.17, 15) is 0 Å². The molecule has 0 bridgehead atoms. The average Bonchev–Trinajstić information content (AvgIpc) is 2.22. The smallest absolute Gasteiger partial charge is 0.223 e. The second-order valence-electron chi connectivity index (χ2n) is 3.87. The van der Waals surface area contributed by atoms with Gasteiger partial charge in [0.25, 0.3) is 0 Å². The third kappa shape index (κ3) is 2.79. The Morgan fingerprint density at radius 3 is 2.87 bits per heavy atom. The molecule has 1 aromatic heterocycles. The van der Waals surface area contributed by atoms with Gasteiger partial charge in [0.1, 0.15) is 6.10 Å². The number of aromatic nitrogens is 2. The maximum absolute atomic E-state index is 5.73. The molecule has 0 atom stereocenters. The fourth-order valence-corrected chi connectivity index (χ4v) is 1.70. The maximum atomic E-state index is 5.73. The Kier molecular flexibility index (Phi) is 3.01. The fraction of sp³-hybridized carbons (Fsp3) is 0.600. The van der Waals surface area contributed by atoms with Crippen LogP contribution in [0, 0.1) is 0 Å². The van der Waals surface area contributed by atoms with Crippen molar-refractivity contribution in [2.24, 2.45) is 0 Å². The molecule has 1 saturated heterocycles. The summed E-state index contributed by atoms with van der Waals surface area (Å²) in [7, 11) is 2.12. The Bertz CT molecular complexity index is 323. The summed E-state index contributed by atoms with van der Waals surface area (Å²) >= 11 is 0. The van der Waals surface area contributed by atoms with Crippen molar-refractivity contribution >= 4 is 5.95 Å². The molecule has 1 fully saturated rings. The van der Waals surface area contributed by atoms with Gasteiger partial charge in [-0.1, -0.05) is 0 Å². The molecule has 1 aromatic rings. The van der Waals surface area contributed by atoms with Gasteiger partial charge in [0.15, 0.2) is 0 Å². The van der Waals surface area contributed by atoms with Crippen LogP contribution in [0.5, 0.6) is 5.88 Å². The molecule has 0 radical (unpaired) electrons. The van der Waals surface area contributed by atoms with Crippen LogP contribution in [0.4, 0.5) is 5.95 Å². The van der Waals surface area contributed by atoms with Crippen LogP contribution in [0.15, 0.2) is 12.3 Å². The number of hydrogen-bond donors (Lipinski definition) is 1. The van der Waals surface area contributed by atoms with E-state index in [0.29, 0.717) is 5.88 Å². The van der Waals surface area contributed by atoms with Gasteiger partial charge in [-0.05, 0) is 19.9 Å². The lowest BCUT2D eigenvalue weighted by Gasteiger charge is -2.28. The van der Waals surface area contributed by atoms with Gasteiger partial charge in [-0.3, -0.25) is 0 Å². The quantitative estimate of drug-likeness (QED) is 0.768. The number of anilines is 1. The highest BCUT2D eigenvalue weighted by Crippen LogP contribution is 2.16. The zero-order chi connectivity index (χ0) is 10.7. The molecule has 0 spiro atoms. The average molecular weight is 208 g/mol. The first-order chi connectivity index (χ1) is 7.24. The van der Waals surface area contributed by atoms with Gasteiger partial charge in [0, 0.05) is 25.4 Å². The van der Waals surface area contributed by atoms with Crippen molar-refractivity contribution in [2.75, 3.05) is 25.9 Å². The van der Waals surface area contributed by atoms with Gasteiger partial charge in [0.2, 0.25) is 11.8 Å². The predicted molar refractivity (Wildman–Crippen MR) is 57.6 cm³/mol. The molecular weight excluding hydrogens is 192 g/mol. The van der Waals surface area contributed by atoms with Crippen molar-refractivity contribution in [1.29, 1.82) is 0 Å². The number of nitrogens with two attached hydrogens (primary N) is 1. The van der Waals surface area contributed by atoms with E-state index in [1.165, 1.54) is 0 Å². The van der Waals surface area contributed by atoms with Crippen LogP contribution in [0.25, 0.3) is 0 Å². The lowest BCUT2D eigenvalue weighted by Crippen LogP contribution is -2.35. The van der Waals surface area contributed by atoms with Crippen LogP contribution in [0.3, 0.4) is 0 Å². The summed E-state index contributed by atoms with van der Waals surface area (Å²) in [6, 6.07) is 1.74. The molecule has 82 valence electrons. The van der Waals surface area contributed by atoms with Crippen molar-refractivity contribution < 1.29 is 4.74 Å². The minimum atomic E-state index is 0.260. The SMILES string of the molecule is CN1CCC(Oc2ccnc(N)n2)CC1. The summed E-state index contributed by atoms with van der Waals surface area (Å²) in [5, 5.41) is 0. The molecule has 0 amide bonds. The number of piperidine rings is 1. The lowest BCUT2D eigenvalue weighted by atomic mass is 10.1. The van der Waals surface area contributed by atoms with Crippen molar-refractivity contribution in [3.63, 3.8) is 0 Å². The predicted octanol–water partition coefficient (Wildman–Crippen LogP) is 0.532. The zero-order valence-electron chi connectivity index (χ0n) is 8.89. The summed E-state index contributed by atoms with van der Waals surface area (Å²) < 4.78 is 5.73. The highest BCUT2D eigenvalue weighted by atomic mass is 16.5.